The number of rotatable bonds is 2. The van der Waals surface area contributed by atoms with Gasteiger partial charge in [-0.3, -0.25) is 10.2 Å². The Morgan fingerprint density at radius 1 is 1.13 bits per heavy atom. The molecule has 3 heteroatoms. The lowest BCUT2D eigenvalue weighted by Crippen LogP contribution is -2.53. The van der Waals surface area contributed by atoms with E-state index in [1.807, 2.05) is 0 Å². The quantitative estimate of drug-likeness (QED) is 0.728. The summed E-state index contributed by atoms with van der Waals surface area (Å²) in [5.74, 6) is 0. The fourth-order valence-corrected chi connectivity index (χ4v) is 2.56. The van der Waals surface area contributed by atoms with E-state index in [1.54, 1.807) is 0 Å². The fourth-order valence-electron chi connectivity index (χ4n) is 2.56. The summed E-state index contributed by atoms with van der Waals surface area (Å²) in [7, 11) is 0. The molecule has 2 heterocycles. The number of benzene rings is 1. The van der Waals surface area contributed by atoms with Gasteiger partial charge in [0.1, 0.15) is 0 Å². The van der Waals surface area contributed by atoms with Crippen LogP contribution in [0.25, 0.3) is 0 Å². The van der Waals surface area contributed by atoms with Crippen molar-refractivity contribution < 1.29 is 0 Å². The zero-order valence-corrected chi connectivity index (χ0v) is 8.82. The largest absolute Gasteiger partial charge is 0.312 e. The van der Waals surface area contributed by atoms with Crippen LogP contribution in [0.3, 0.4) is 0 Å². The molecule has 2 aliphatic rings. The maximum atomic E-state index is 3.55. The Bertz CT molecular complexity index is 309. The summed E-state index contributed by atoms with van der Waals surface area (Å²) < 4.78 is 0. The molecule has 0 saturated carbocycles. The summed E-state index contributed by atoms with van der Waals surface area (Å²) in [4.78, 5) is 2.58. The van der Waals surface area contributed by atoms with Crippen molar-refractivity contribution in [1.29, 1.82) is 0 Å². The highest BCUT2D eigenvalue weighted by atomic mass is 15.4. The zero-order chi connectivity index (χ0) is 10.1. The van der Waals surface area contributed by atoms with Crippen LogP contribution in [0.2, 0.25) is 0 Å². The Morgan fingerprint density at radius 2 is 2.00 bits per heavy atom. The highest BCUT2D eigenvalue weighted by molar-refractivity contribution is 5.15. The molecule has 2 N–H and O–H groups in total. The minimum Gasteiger partial charge on any atom is -0.312 e. The molecule has 2 fully saturated rings. The molecule has 2 atom stereocenters. The summed E-state index contributed by atoms with van der Waals surface area (Å²) in [6, 6.07) is 11.4. The van der Waals surface area contributed by atoms with Gasteiger partial charge in [0.25, 0.3) is 0 Å². The predicted molar refractivity (Wildman–Crippen MR) is 60.4 cm³/mol. The van der Waals surface area contributed by atoms with Crippen LogP contribution in [0.5, 0.6) is 0 Å². The van der Waals surface area contributed by atoms with Crippen molar-refractivity contribution in [2.45, 2.75) is 18.8 Å². The first-order valence-corrected chi connectivity index (χ1v) is 5.67. The van der Waals surface area contributed by atoms with Crippen molar-refractivity contribution in [2.24, 2.45) is 0 Å². The van der Waals surface area contributed by atoms with Gasteiger partial charge < -0.3 is 5.32 Å². The molecular weight excluding hydrogens is 186 g/mol. The molecule has 0 spiro atoms. The van der Waals surface area contributed by atoms with Crippen molar-refractivity contribution in [3.05, 3.63) is 35.9 Å². The molecule has 2 aliphatic heterocycles. The minimum atomic E-state index is 0.531. The molecule has 15 heavy (non-hydrogen) atoms. The molecule has 0 radical (unpaired) electrons. The van der Waals surface area contributed by atoms with Gasteiger partial charge in [0.2, 0.25) is 0 Å². The van der Waals surface area contributed by atoms with Crippen LogP contribution in [-0.2, 0) is 6.54 Å². The van der Waals surface area contributed by atoms with Gasteiger partial charge >= 0.3 is 0 Å². The second-order valence-corrected chi connectivity index (χ2v) is 4.39. The third-order valence-electron chi connectivity index (χ3n) is 3.38. The van der Waals surface area contributed by atoms with Gasteiger partial charge in [0, 0.05) is 32.2 Å². The first-order valence-electron chi connectivity index (χ1n) is 5.67. The van der Waals surface area contributed by atoms with E-state index in [-0.39, 0.29) is 0 Å². The van der Waals surface area contributed by atoms with E-state index in [9.17, 15) is 0 Å². The van der Waals surface area contributed by atoms with Gasteiger partial charge in [-0.2, -0.15) is 0 Å². The average Bonchev–Trinajstić information content (AvgIpc) is 2.53. The number of hydrogen-bond acceptors (Lipinski definition) is 3. The molecule has 3 nitrogen and oxygen atoms in total. The van der Waals surface area contributed by atoms with Crippen LogP contribution in [0, 0.1) is 0 Å². The Labute approximate surface area is 90.5 Å². The van der Waals surface area contributed by atoms with Crippen LogP contribution in [-0.4, -0.2) is 36.7 Å². The SMILES string of the molecule is c1ccc(CN2C3CNCC2NC3)cc1. The van der Waals surface area contributed by atoms with Crippen molar-refractivity contribution in [3.8, 4) is 0 Å². The molecule has 80 valence electrons. The van der Waals surface area contributed by atoms with Gasteiger partial charge in [-0.15, -0.1) is 0 Å². The van der Waals surface area contributed by atoms with Gasteiger partial charge in [0.05, 0.1) is 6.17 Å². The molecule has 0 aliphatic carbocycles. The highest BCUT2D eigenvalue weighted by Gasteiger charge is 2.35. The smallest absolute Gasteiger partial charge is 0.0732 e. The van der Waals surface area contributed by atoms with Crippen LogP contribution in [0.1, 0.15) is 5.56 Å². The predicted octanol–water partition coefficient (Wildman–Crippen LogP) is 0.390. The number of fused-ring (bicyclic) bond motifs is 2. The van der Waals surface area contributed by atoms with Crippen molar-refractivity contribution in [2.75, 3.05) is 19.6 Å². The fraction of sp³-hybridized carbons (Fsp3) is 0.500. The normalized spacial score (nSPS) is 30.7. The Balaban J connectivity index is 1.73. The molecule has 0 amide bonds. The molecule has 2 unspecified atom stereocenters. The molecule has 1 aromatic rings. The average molecular weight is 203 g/mol. The van der Waals surface area contributed by atoms with E-state index in [2.05, 4.69) is 45.9 Å². The third kappa shape index (κ3) is 1.78. The van der Waals surface area contributed by atoms with Crippen LogP contribution < -0.4 is 10.6 Å². The lowest BCUT2D eigenvalue weighted by atomic mass is 10.1. The minimum absolute atomic E-state index is 0.531. The monoisotopic (exact) mass is 203 g/mol. The van der Waals surface area contributed by atoms with E-state index >= 15 is 0 Å². The second-order valence-electron chi connectivity index (χ2n) is 4.39. The van der Waals surface area contributed by atoms with Crippen molar-refractivity contribution in [3.63, 3.8) is 0 Å². The number of hydrogen-bond donors (Lipinski definition) is 2. The summed E-state index contributed by atoms with van der Waals surface area (Å²) in [5.41, 5.74) is 1.41. The summed E-state index contributed by atoms with van der Waals surface area (Å²) in [5, 5.41) is 7.01. The third-order valence-corrected chi connectivity index (χ3v) is 3.38. The Morgan fingerprint density at radius 3 is 2.80 bits per heavy atom. The maximum absolute atomic E-state index is 3.55. The highest BCUT2D eigenvalue weighted by Crippen LogP contribution is 2.17. The standard InChI is InChI=1S/C12H17N3/c1-2-4-10(5-3-1)9-15-11-6-13-8-12(15)14-7-11/h1-5,11-14H,6-9H2. The molecule has 1 aromatic carbocycles. The van der Waals surface area contributed by atoms with Crippen LogP contribution >= 0.6 is 0 Å². The first-order chi connectivity index (χ1) is 7.43. The molecule has 0 aromatic heterocycles. The Hall–Kier alpha value is -0.900. The van der Waals surface area contributed by atoms with E-state index in [1.165, 1.54) is 5.56 Å². The van der Waals surface area contributed by atoms with Gasteiger partial charge in [-0.25, -0.2) is 0 Å². The van der Waals surface area contributed by atoms with Crippen LogP contribution in [0.15, 0.2) is 30.3 Å². The number of piperazine rings is 1. The number of nitrogens with one attached hydrogen (secondary N) is 2. The number of nitrogens with zero attached hydrogens (tertiary/aromatic N) is 1. The van der Waals surface area contributed by atoms with E-state index in [0.717, 1.165) is 26.2 Å². The summed E-state index contributed by atoms with van der Waals surface area (Å²) in [6.07, 6.45) is 0.531. The van der Waals surface area contributed by atoms with E-state index in [4.69, 9.17) is 0 Å². The lowest BCUT2D eigenvalue weighted by Gasteiger charge is -2.34. The summed E-state index contributed by atoms with van der Waals surface area (Å²) in [6.45, 7) is 4.40. The molecular formula is C12H17N3. The van der Waals surface area contributed by atoms with Gasteiger partial charge in [-0.05, 0) is 5.56 Å². The maximum Gasteiger partial charge on any atom is 0.0732 e. The summed E-state index contributed by atoms with van der Waals surface area (Å²) >= 11 is 0. The second kappa shape index (κ2) is 3.93. The molecule has 2 bridgehead atoms. The zero-order valence-electron chi connectivity index (χ0n) is 8.82. The van der Waals surface area contributed by atoms with Crippen LogP contribution in [0.4, 0.5) is 0 Å². The molecule has 3 rings (SSSR count). The Kier molecular flexibility index (Phi) is 2.44. The molecule has 2 saturated heterocycles. The van der Waals surface area contributed by atoms with Gasteiger partial charge in [-0.1, -0.05) is 30.3 Å². The van der Waals surface area contributed by atoms with Crippen molar-refractivity contribution >= 4 is 0 Å². The first kappa shape index (κ1) is 9.33. The van der Waals surface area contributed by atoms with E-state index in [0.29, 0.717) is 12.2 Å². The topological polar surface area (TPSA) is 27.3 Å². The lowest BCUT2D eigenvalue weighted by molar-refractivity contribution is 0.142. The van der Waals surface area contributed by atoms with E-state index < -0.39 is 0 Å². The van der Waals surface area contributed by atoms with Crippen molar-refractivity contribution in [1.82, 2.24) is 15.5 Å². The van der Waals surface area contributed by atoms with Gasteiger partial charge in [0.15, 0.2) is 0 Å².